The molecular formula is C21H21NO2. The molecule has 0 aliphatic heterocycles. The molecule has 3 rings (SSSR count). The number of rotatable bonds is 7. The van der Waals surface area contributed by atoms with Gasteiger partial charge in [-0.05, 0) is 16.7 Å². The van der Waals surface area contributed by atoms with Gasteiger partial charge >= 0.3 is 0 Å². The third-order valence-electron chi connectivity index (χ3n) is 4.15. The summed E-state index contributed by atoms with van der Waals surface area (Å²) in [7, 11) is 0. The van der Waals surface area contributed by atoms with Gasteiger partial charge in [0.05, 0.1) is 5.54 Å². The molecule has 0 aliphatic carbocycles. The van der Waals surface area contributed by atoms with Crippen molar-refractivity contribution in [2.45, 2.75) is 5.54 Å². The van der Waals surface area contributed by atoms with Crippen molar-refractivity contribution in [1.29, 1.82) is 0 Å². The average molecular weight is 319 g/mol. The molecule has 0 spiro atoms. The maximum atomic E-state index is 9.01. The Labute approximate surface area is 142 Å². The number of benzene rings is 3. The zero-order chi connectivity index (χ0) is 16.7. The van der Waals surface area contributed by atoms with Crippen molar-refractivity contribution in [2.75, 3.05) is 13.5 Å². The summed E-state index contributed by atoms with van der Waals surface area (Å²) in [6, 6.07) is 30.8. The first-order valence-electron chi connectivity index (χ1n) is 7.98. The van der Waals surface area contributed by atoms with Crippen molar-refractivity contribution in [1.82, 2.24) is 5.32 Å². The number of aliphatic hydroxyl groups is 1. The molecule has 122 valence electrons. The molecule has 0 unspecified atom stereocenters. The molecular weight excluding hydrogens is 298 g/mol. The summed E-state index contributed by atoms with van der Waals surface area (Å²) in [4.78, 5) is 0. The van der Waals surface area contributed by atoms with Crippen LogP contribution in [0.1, 0.15) is 16.7 Å². The normalized spacial score (nSPS) is 11.4. The van der Waals surface area contributed by atoms with Crippen LogP contribution in [0.3, 0.4) is 0 Å². The SMILES string of the molecule is OCOCNC(c1ccccc1)(c1ccccc1)c1ccccc1. The molecule has 3 heteroatoms. The molecule has 0 bridgehead atoms. The fourth-order valence-corrected chi connectivity index (χ4v) is 3.08. The highest BCUT2D eigenvalue weighted by Gasteiger charge is 2.35. The number of hydrogen-bond donors (Lipinski definition) is 2. The Morgan fingerprint density at radius 3 is 1.38 bits per heavy atom. The first-order chi connectivity index (χ1) is 11.9. The van der Waals surface area contributed by atoms with E-state index in [0.717, 1.165) is 16.7 Å². The van der Waals surface area contributed by atoms with Gasteiger partial charge in [-0.1, -0.05) is 91.0 Å². The molecule has 3 nitrogen and oxygen atoms in total. The van der Waals surface area contributed by atoms with Gasteiger partial charge in [0.1, 0.15) is 13.5 Å². The predicted molar refractivity (Wildman–Crippen MR) is 95.4 cm³/mol. The molecule has 0 saturated heterocycles. The van der Waals surface area contributed by atoms with Crippen LogP contribution in [-0.4, -0.2) is 18.6 Å². The fourth-order valence-electron chi connectivity index (χ4n) is 3.08. The lowest BCUT2D eigenvalue weighted by Crippen LogP contribution is -2.45. The summed E-state index contributed by atoms with van der Waals surface area (Å²) in [5.74, 6) is 0. The second kappa shape index (κ2) is 7.88. The van der Waals surface area contributed by atoms with Crippen LogP contribution in [0.4, 0.5) is 0 Å². The highest BCUT2D eigenvalue weighted by atomic mass is 16.6. The third kappa shape index (κ3) is 3.24. The Hall–Kier alpha value is -2.46. The predicted octanol–water partition coefficient (Wildman–Crippen LogP) is 3.49. The minimum atomic E-state index is -0.557. The summed E-state index contributed by atoms with van der Waals surface area (Å²) in [5.41, 5.74) is 2.79. The van der Waals surface area contributed by atoms with E-state index in [1.807, 2.05) is 54.6 Å². The Balaban J connectivity index is 2.20. The van der Waals surface area contributed by atoms with Gasteiger partial charge in [-0.25, -0.2) is 0 Å². The van der Waals surface area contributed by atoms with Crippen molar-refractivity contribution in [3.63, 3.8) is 0 Å². The van der Waals surface area contributed by atoms with Crippen molar-refractivity contribution >= 4 is 0 Å². The minimum Gasteiger partial charge on any atom is -0.371 e. The summed E-state index contributed by atoms with van der Waals surface area (Å²) >= 11 is 0. The van der Waals surface area contributed by atoms with Gasteiger partial charge in [0.2, 0.25) is 0 Å². The maximum Gasteiger partial charge on any atom is 0.145 e. The van der Waals surface area contributed by atoms with Gasteiger partial charge in [-0.2, -0.15) is 0 Å². The Bertz CT molecular complexity index is 633. The second-order valence-corrected chi connectivity index (χ2v) is 5.50. The number of aliphatic hydroxyl groups excluding tert-OH is 1. The molecule has 2 N–H and O–H groups in total. The van der Waals surface area contributed by atoms with Gasteiger partial charge in [-0.3, -0.25) is 5.32 Å². The van der Waals surface area contributed by atoms with Crippen molar-refractivity contribution in [3.8, 4) is 0 Å². The summed E-state index contributed by atoms with van der Waals surface area (Å²) in [6.45, 7) is -0.0867. The summed E-state index contributed by atoms with van der Waals surface area (Å²) < 4.78 is 5.20. The van der Waals surface area contributed by atoms with E-state index in [-0.39, 0.29) is 13.5 Å². The smallest absolute Gasteiger partial charge is 0.145 e. The van der Waals surface area contributed by atoms with E-state index in [2.05, 4.69) is 41.7 Å². The van der Waals surface area contributed by atoms with E-state index in [4.69, 9.17) is 9.84 Å². The van der Waals surface area contributed by atoms with Crippen LogP contribution in [0.5, 0.6) is 0 Å². The first kappa shape index (κ1) is 16.4. The number of ether oxygens (including phenoxy) is 1. The van der Waals surface area contributed by atoms with Gasteiger partial charge < -0.3 is 9.84 Å². The van der Waals surface area contributed by atoms with Crippen LogP contribution in [-0.2, 0) is 10.3 Å². The molecule has 0 saturated carbocycles. The summed E-state index contributed by atoms with van der Waals surface area (Å²) in [6.07, 6.45) is 0. The van der Waals surface area contributed by atoms with E-state index in [1.165, 1.54) is 0 Å². The molecule has 0 radical (unpaired) electrons. The Morgan fingerprint density at radius 1 is 0.667 bits per heavy atom. The van der Waals surface area contributed by atoms with E-state index < -0.39 is 5.54 Å². The number of hydrogen-bond acceptors (Lipinski definition) is 3. The van der Waals surface area contributed by atoms with Crippen LogP contribution >= 0.6 is 0 Å². The van der Waals surface area contributed by atoms with Crippen LogP contribution in [0, 0.1) is 0 Å². The van der Waals surface area contributed by atoms with Crippen LogP contribution < -0.4 is 5.32 Å². The highest BCUT2D eigenvalue weighted by Crippen LogP contribution is 2.36. The molecule has 0 heterocycles. The summed E-state index contributed by atoms with van der Waals surface area (Å²) in [5, 5.41) is 12.5. The van der Waals surface area contributed by atoms with E-state index in [9.17, 15) is 0 Å². The van der Waals surface area contributed by atoms with Crippen LogP contribution in [0.15, 0.2) is 91.0 Å². The van der Waals surface area contributed by atoms with Gasteiger partial charge in [0.15, 0.2) is 0 Å². The van der Waals surface area contributed by atoms with Gasteiger partial charge in [0.25, 0.3) is 0 Å². The topological polar surface area (TPSA) is 41.5 Å². The first-order valence-corrected chi connectivity index (χ1v) is 7.98. The zero-order valence-corrected chi connectivity index (χ0v) is 13.4. The average Bonchev–Trinajstić information content (AvgIpc) is 2.68. The molecule has 24 heavy (non-hydrogen) atoms. The van der Waals surface area contributed by atoms with Crippen molar-refractivity contribution in [3.05, 3.63) is 108 Å². The highest BCUT2D eigenvalue weighted by molar-refractivity contribution is 5.49. The van der Waals surface area contributed by atoms with Crippen molar-refractivity contribution < 1.29 is 9.84 Å². The fraction of sp³-hybridized carbons (Fsp3) is 0.143. The molecule has 0 atom stereocenters. The monoisotopic (exact) mass is 319 g/mol. The zero-order valence-electron chi connectivity index (χ0n) is 13.4. The van der Waals surface area contributed by atoms with Crippen molar-refractivity contribution in [2.24, 2.45) is 0 Å². The van der Waals surface area contributed by atoms with Crippen LogP contribution in [0.2, 0.25) is 0 Å². The second-order valence-electron chi connectivity index (χ2n) is 5.50. The lowest BCUT2D eigenvalue weighted by atomic mass is 9.77. The molecule has 0 aliphatic rings. The standard InChI is InChI=1S/C21H21NO2/c23-17-24-16-22-21(18-10-4-1-5-11-18,19-12-6-2-7-13-19)20-14-8-3-9-15-20/h1-15,22-23H,16-17H2. The van der Waals surface area contributed by atoms with Gasteiger partial charge in [-0.15, -0.1) is 0 Å². The van der Waals surface area contributed by atoms with E-state index in [1.54, 1.807) is 0 Å². The molecule has 0 amide bonds. The molecule has 0 aromatic heterocycles. The number of nitrogens with one attached hydrogen (secondary N) is 1. The molecule has 0 fully saturated rings. The molecule has 3 aromatic rings. The van der Waals surface area contributed by atoms with E-state index in [0.29, 0.717) is 0 Å². The van der Waals surface area contributed by atoms with Gasteiger partial charge in [0, 0.05) is 0 Å². The van der Waals surface area contributed by atoms with E-state index >= 15 is 0 Å². The Kier molecular flexibility index (Phi) is 5.39. The Morgan fingerprint density at radius 2 is 1.04 bits per heavy atom. The lowest BCUT2D eigenvalue weighted by molar-refractivity contribution is -0.0157. The lowest BCUT2D eigenvalue weighted by Gasteiger charge is -2.37. The minimum absolute atomic E-state index is 0.231. The van der Waals surface area contributed by atoms with Crippen LogP contribution in [0.25, 0.3) is 0 Å². The maximum absolute atomic E-state index is 9.01. The quantitative estimate of drug-likeness (QED) is 0.398. The third-order valence-corrected chi connectivity index (χ3v) is 4.15. The molecule has 3 aromatic carbocycles. The largest absolute Gasteiger partial charge is 0.371 e.